The number of hydrogen-bond acceptors (Lipinski definition) is 3. The summed E-state index contributed by atoms with van der Waals surface area (Å²) in [6.45, 7) is 4.44. The molecule has 0 atom stereocenters. The number of thiocarbonyl (C=S) groups is 1. The Bertz CT molecular complexity index is 649. The van der Waals surface area contributed by atoms with Gasteiger partial charge < -0.3 is 15.4 Å². The minimum absolute atomic E-state index is 0.250. The zero-order chi connectivity index (χ0) is 15.9. The van der Waals surface area contributed by atoms with Gasteiger partial charge in [-0.25, -0.2) is 4.98 Å². The fourth-order valence-electron chi connectivity index (χ4n) is 1.79. The summed E-state index contributed by atoms with van der Waals surface area (Å²) in [6, 6.07) is 11.5. The summed E-state index contributed by atoms with van der Waals surface area (Å²) in [7, 11) is 0. The van der Waals surface area contributed by atoms with Crippen LogP contribution >= 0.6 is 23.8 Å². The van der Waals surface area contributed by atoms with E-state index in [1.165, 1.54) is 0 Å². The molecule has 1 heterocycles. The van der Waals surface area contributed by atoms with Crippen molar-refractivity contribution < 1.29 is 4.74 Å². The van der Waals surface area contributed by atoms with Gasteiger partial charge in [0.1, 0.15) is 6.61 Å². The number of anilines is 1. The van der Waals surface area contributed by atoms with E-state index in [4.69, 9.17) is 28.6 Å². The highest BCUT2D eigenvalue weighted by Crippen LogP contribution is 2.22. The Morgan fingerprint density at radius 3 is 2.86 bits per heavy atom. The Hall–Kier alpha value is -1.85. The normalized spacial score (nSPS) is 10.4. The molecule has 0 amide bonds. The fraction of sp³-hybridized carbons (Fsp3) is 0.250. The third-order valence-corrected chi connectivity index (χ3v) is 3.16. The van der Waals surface area contributed by atoms with E-state index in [1.807, 2.05) is 50.2 Å². The second kappa shape index (κ2) is 7.96. The van der Waals surface area contributed by atoms with Crippen molar-refractivity contribution >= 4 is 34.7 Å². The number of hydrogen-bond donors (Lipinski definition) is 2. The molecule has 4 nitrogen and oxygen atoms in total. The van der Waals surface area contributed by atoms with Crippen LogP contribution in [0.2, 0.25) is 5.02 Å². The number of halogens is 1. The van der Waals surface area contributed by atoms with Gasteiger partial charge >= 0.3 is 0 Å². The van der Waals surface area contributed by atoms with Crippen LogP contribution in [0.25, 0.3) is 0 Å². The van der Waals surface area contributed by atoms with E-state index in [-0.39, 0.29) is 6.04 Å². The van der Waals surface area contributed by atoms with Gasteiger partial charge in [-0.1, -0.05) is 23.7 Å². The van der Waals surface area contributed by atoms with E-state index in [0.717, 1.165) is 5.56 Å². The van der Waals surface area contributed by atoms with Crippen molar-refractivity contribution in [2.24, 2.45) is 0 Å². The van der Waals surface area contributed by atoms with Crippen molar-refractivity contribution in [3.05, 3.63) is 53.2 Å². The zero-order valence-corrected chi connectivity index (χ0v) is 14.0. The molecule has 0 saturated heterocycles. The number of nitrogens with zero attached hydrogens (tertiary/aromatic N) is 1. The molecule has 0 unspecified atom stereocenters. The Labute approximate surface area is 140 Å². The average molecular weight is 336 g/mol. The number of rotatable bonds is 5. The molecule has 116 valence electrons. The third kappa shape index (κ3) is 5.16. The molecule has 0 fully saturated rings. The number of nitrogens with one attached hydrogen (secondary N) is 2. The summed E-state index contributed by atoms with van der Waals surface area (Å²) in [6.07, 6.45) is 1.69. The van der Waals surface area contributed by atoms with Gasteiger partial charge in [0, 0.05) is 17.3 Å². The van der Waals surface area contributed by atoms with Gasteiger partial charge in [-0.3, -0.25) is 0 Å². The molecule has 6 heteroatoms. The summed E-state index contributed by atoms with van der Waals surface area (Å²) < 4.78 is 5.81. The zero-order valence-electron chi connectivity index (χ0n) is 12.5. The smallest absolute Gasteiger partial charge is 0.174 e. The molecule has 0 radical (unpaired) electrons. The first kappa shape index (κ1) is 16.5. The standard InChI is InChI=1S/C16H18ClN3OS/c1-11(2)19-16(22)20-15-14(7-4-8-18-15)21-10-12-5-3-6-13(17)9-12/h3-9,11H,10H2,1-2H3,(H2,18,19,20,22). The van der Waals surface area contributed by atoms with Crippen LogP contribution in [0.4, 0.5) is 5.82 Å². The van der Waals surface area contributed by atoms with Crippen LogP contribution in [0.3, 0.4) is 0 Å². The Morgan fingerprint density at radius 2 is 2.14 bits per heavy atom. The van der Waals surface area contributed by atoms with Crippen LogP contribution in [-0.4, -0.2) is 16.1 Å². The van der Waals surface area contributed by atoms with Crippen LogP contribution in [0.1, 0.15) is 19.4 Å². The molecule has 2 rings (SSSR count). The summed E-state index contributed by atoms with van der Waals surface area (Å²) in [5.41, 5.74) is 0.991. The van der Waals surface area contributed by atoms with E-state index < -0.39 is 0 Å². The van der Waals surface area contributed by atoms with Gasteiger partial charge in [0.05, 0.1) is 0 Å². The minimum atomic E-state index is 0.250. The predicted molar refractivity (Wildman–Crippen MR) is 94.5 cm³/mol. The van der Waals surface area contributed by atoms with Gasteiger partial charge in [0.2, 0.25) is 0 Å². The van der Waals surface area contributed by atoms with E-state index >= 15 is 0 Å². The monoisotopic (exact) mass is 335 g/mol. The molecule has 22 heavy (non-hydrogen) atoms. The summed E-state index contributed by atoms with van der Waals surface area (Å²) >= 11 is 11.2. The minimum Gasteiger partial charge on any atom is -0.485 e. The fourth-order valence-corrected chi connectivity index (χ4v) is 2.34. The van der Waals surface area contributed by atoms with Gasteiger partial charge in [0.15, 0.2) is 16.7 Å². The lowest BCUT2D eigenvalue weighted by Crippen LogP contribution is -2.34. The molecule has 0 aliphatic carbocycles. The van der Waals surface area contributed by atoms with E-state index in [1.54, 1.807) is 6.20 Å². The maximum absolute atomic E-state index is 5.97. The van der Waals surface area contributed by atoms with E-state index in [9.17, 15) is 0 Å². The van der Waals surface area contributed by atoms with Crippen molar-refractivity contribution in [3.8, 4) is 5.75 Å². The van der Waals surface area contributed by atoms with Gasteiger partial charge in [0.25, 0.3) is 0 Å². The number of ether oxygens (including phenoxy) is 1. The van der Waals surface area contributed by atoms with E-state index in [2.05, 4.69) is 15.6 Å². The largest absolute Gasteiger partial charge is 0.485 e. The number of pyridine rings is 1. The summed E-state index contributed by atoms with van der Waals surface area (Å²) in [5, 5.41) is 7.36. The van der Waals surface area contributed by atoms with Crippen LogP contribution in [0.5, 0.6) is 5.75 Å². The second-order valence-electron chi connectivity index (χ2n) is 5.02. The molecule has 0 saturated carbocycles. The van der Waals surface area contributed by atoms with Gasteiger partial charge in [-0.15, -0.1) is 0 Å². The van der Waals surface area contributed by atoms with Crippen molar-refractivity contribution in [2.45, 2.75) is 26.5 Å². The second-order valence-corrected chi connectivity index (χ2v) is 5.87. The summed E-state index contributed by atoms with van der Waals surface area (Å²) in [5.74, 6) is 1.22. The highest BCUT2D eigenvalue weighted by Gasteiger charge is 2.07. The highest BCUT2D eigenvalue weighted by molar-refractivity contribution is 7.80. The molecular formula is C16H18ClN3OS. The number of benzene rings is 1. The van der Waals surface area contributed by atoms with E-state index in [0.29, 0.717) is 28.3 Å². The van der Waals surface area contributed by atoms with Crippen LogP contribution in [0, 0.1) is 0 Å². The van der Waals surface area contributed by atoms with Gasteiger partial charge in [-0.05, 0) is 55.9 Å². The van der Waals surface area contributed by atoms with Crippen molar-refractivity contribution in [1.82, 2.24) is 10.3 Å². The number of aromatic nitrogens is 1. The molecule has 1 aromatic carbocycles. The van der Waals surface area contributed by atoms with Crippen molar-refractivity contribution in [1.29, 1.82) is 0 Å². The molecule has 0 bridgehead atoms. The average Bonchev–Trinajstić information content (AvgIpc) is 2.45. The van der Waals surface area contributed by atoms with Crippen LogP contribution in [-0.2, 0) is 6.61 Å². The van der Waals surface area contributed by atoms with Crippen LogP contribution in [0.15, 0.2) is 42.6 Å². The quantitative estimate of drug-likeness (QED) is 0.808. The molecule has 1 aromatic heterocycles. The summed E-state index contributed by atoms with van der Waals surface area (Å²) in [4.78, 5) is 4.27. The molecular weight excluding hydrogens is 318 g/mol. The lowest BCUT2D eigenvalue weighted by atomic mass is 10.2. The van der Waals surface area contributed by atoms with Crippen molar-refractivity contribution in [2.75, 3.05) is 5.32 Å². The topological polar surface area (TPSA) is 46.2 Å². The first-order valence-corrected chi connectivity index (χ1v) is 7.73. The Balaban J connectivity index is 2.03. The Kier molecular flexibility index (Phi) is 5.98. The molecule has 0 aliphatic heterocycles. The van der Waals surface area contributed by atoms with Crippen molar-refractivity contribution in [3.63, 3.8) is 0 Å². The SMILES string of the molecule is CC(C)NC(=S)Nc1ncccc1OCc1cccc(Cl)c1. The highest BCUT2D eigenvalue weighted by atomic mass is 35.5. The Morgan fingerprint density at radius 1 is 1.32 bits per heavy atom. The van der Waals surface area contributed by atoms with Crippen LogP contribution < -0.4 is 15.4 Å². The third-order valence-electron chi connectivity index (χ3n) is 2.71. The van der Waals surface area contributed by atoms with Gasteiger partial charge in [-0.2, -0.15) is 0 Å². The maximum atomic E-state index is 5.97. The maximum Gasteiger partial charge on any atom is 0.174 e. The first-order chi connectivity index (χ1) is 10.5. The molecule has 2 N–H and O–H groups in total. The molecule has 0 spiro atoms. The lowest BCUT2D eigenvalue weighted by Gasteiger charge is -2.15. The molecule has 2 aromatic rings. The lowest BCUT2D eigenvalue weighted by molar-refractivity contribution is 0.307. The first-order valence-electron chi connectivity index (χ1n) is 6.94. The molecule has 0 aliphatic rings. The predicted octanol–water partition coefficient (Wildman–Crippen LogP) is 4.01.